The summed E-state index contributed by atoms with van der Waals surface area (Å²) in [6.07, 6.45) is 0. The SMILES string of the molecule is COC[C@H](C)NC(=O)COc1cc(Cl)ccc1Cl. The van der Waals surface area contributed by atoms with E-state index in [1.807, 2.05) is 6.92 Å². The van der Waals surface area contributed by atoms with Gasteiger partial charge in [-0.05, 0) is 19.1 Å². The first-order valence-electron chi connectivity index (χ1n) is 5.39. The van der Waals surface area contributed by atoms with Crippen molar-refractivity contribution in [1.29, 1.82) is 0 Å². The second-order valence-corrected chi connectivity index (χ2v) is 4.63. The predicted octanol–water partition coefficient (Wildman–Crippen LogP) is 2.52. The summed E-state index contributed by atoms with van der Waals surface area (Å²) >= 11 is 11.7. The quantitative estimate of drug-likeness (QED) is 0.876. The first kappa shape index (κ1) is 15.1. The molecule has 4 nitrogen and oxygen atoms in total. The van der Waals surface area contributed by atoms with Gasteiger partial charge in [-0.3, -0.25) is 4.79 Å². The number of carbonyl (C=O) groups excluding carboxylic acids is 1. The van der Waals surface area contributed by atoms with Gasteiger partial charge in [0.25, 0.3) is 5.91 Å². The zero-order chi connectivity index (χ0) is 13.5. The highest BCUT2D eigenvalue weighted by molar-refractivity contribution is 6.34. The number of carbonyl (C=O) groups is 1. The van der Waals surface area contributed by atoms with Crippen molar-refractivity contribution in [2.24, 2.45) is 0 Å². The summed E-state index contributed by atoms with van der Waals surface area (Å²) < 4.78 is 10.2. The second kappa shape index (κ2) is 7.46. The molecule has 1 aromatic carbocycles. The van der Waals surface area contributed by atoms with Crippen molar-refractivity contribution >= 4 is 29.1 Å². The van der Waals surface area contributed by atoms with E-state index in [0.29, 0.717) is 22.4 Å². The zero-order valence-corrected chi connectivity index (χ0v) is 11.7. The topological polar surface area (TPSA) is 47.6 Å². The Hall–Kier alpha value is -0.970. The number of hydrogen-bond donors (Lipinski definition) is 1. The summed E-state index contributed by atoms with van der Waals surface area (Å²) in [5.74, 6) is 0.148. The average Bonchev–Trinajstić information content (AvgIpc) is 2.30. The lowest BCUT2D eigenvalue weighted by Gasteiger charge is -2.13. The minimum Gasteiger partial charge on any atom is -0.482 e. The Labute approximate surface area is 116 Å². The molecule has 1 N–H and O–H groups in total. The largest absolute Gasteiger partial charge is 0.482 e. The van der Waals surface area contributed by atoms with Crippen molar-refractivity contribution < 1.29 is 14.3 Å². The number of amides is 1. The van der Waals surface area contributed by atoms with Crippen LogP contribution in [0, 0.1) is 0 Å². The maximum atomic E-state index is 11.5. The maximum Gasteiger partial charge on any atom is 0.258 e. The Morgan fingerprint density at radius 2 is 2.17 bits per heavy atom. The lowest BCUT2D eigenvalue weighted by Crippen LogP contribution is -2.38. The smallest absolute Gasteiger partial charge is 0.258 e. The van der Waals surface area contributed by atoms with Gasteiger partial charge in [0.15, 0.2) is 6.61 Å². The van der Waals surface area contributed by atoms with E-state index in [9.17, 15) is 4.79 Å². The fourth-order valence-electron chi connectivity index (χ4n) is 1.34. The maximum absolute atomic E-state index is 11.5. The molecule has 0 heterocycles. The first-order valence-corrected chi connectivity index (χ1v) is 6.14. The zero-order valence-electron chi connectivity index (χ0n) is 10.2. The van der Waals surface area contributed by atoms with E-state index in [4.69, 9.17) is 32.7 Å². The van der Waals surface area contributed by atoms with Crippen molar-refractivity contribution in [2.75, 3.05) is 20.3 Å². The summed E-state index contributed by atoms with van der Waals surface area (Å²) in [5, 5.41) is 3.64. The standard InChI is InChI=1S/C12H15Cl2NO3/c1-8(6-17-2)15-12(16)7-18-11-5-9(13)3-4-10(11)14/h3-5,8H,6-7H2,1-2H3,(H,15,16)/t8-/m0/s1. The molecular weight excluding hydrogens is 277 g/mol. The van der Waals surface area contributed by atoms with Gasteiger partial charge >= 0.3 is 0 Å². The van der Waals surface area contributed by atoms with Gasteiger partial charge in [0.05, 0.1) is 11.6 Å². The van der Waals surface area contributed by atoms with Crippen molar-refractivity contribution in [3.8, 4) is 5.75 Å². The number of nitrogens with one attached hydrogen (secondary N) is 1. The van der Waals surface area contributed by atoms with Gasteiger partial charge in [-0.1, -0.05) is 23.2 Å². The summed E-state index contributed by atoms with van der Waals surface area (Å²) in [5.41, 5.74) is 0. The molecule has 1 atom stereocenters. The van der Waals surface area contributed by atoms with Gasteiger partial charge in [-0.25, -0.2) is 0 Å². The van der Waals surface area contributed by atoms with Crippen LogP contribution in [0.3, 0.4) is 0 Å². The van der Waals surface area contributed by atoms with E-state index in [0.717, 1.165) is 0 Å². The molecule has 6 heteroatoms. The molecule has 0 radical (unpaired) electrons. The lowest BCUT2D eigenvalue weighted by molar-refractivity contribution is -0.124. The minimum absolute atomic E-state index is 0.0686. The van der Waals surface area contributed by atoms with Crippen molar-refractivity contribution in [3.63, 3.8) is 0 Å². The van der Waals surface area contributed by atoms with Crippen LogP contribution in [-0.2, 0) is 9.53 Å². The van der Waals surface area contributed by atoms with E-state index < -0.39 is 0 Å². The molecule has 0 unspecified atom stereocenters. The van der Waals surface area contributed by atoms with Crippen LogP contribution >= 0.6 is 23.2 Å². The highest BCUT2D eigenvalue weighted by atomic mass is 35.5. The molecule has 0 spiro atoms. The molecule has 0 aliphatic carbocycles. The fourth-order valence-corrected chi connectivity index (χ4v) is 1.67. The highest BCUT2D eigenvalue weighted by Gasteiger charge is 2.09. The van der Waals surface area contributed by atoms with Gasteiger partial charge in [-0.15, -0.1) is 0 Å². The van der Waals surface area contributed by atoms with Crippen LogP contribution in [0.2, 0.25) is 10.0 Å². The van der Waals surface area contributed by atoms with Crippen LogP contribution in [0.5, 0.6) is 5.75 Å². The fraction of sp³-hybridized carbons (Fsp3) is 0.417. The normalized spacial score (nSPS) is 12.0. The lowest BCUT2D eigenvalue weighted by atomic mass is 10.3. The summed E-state index contributed by atoms with van der Waals surface area (Å²) in [6.45, 7) is 2.17. The summed E-state index contributed by atoms with van der Waals surface area (Å²) in [7, 11) is 1.57. The van der Waals surface area contributed by atoms with Gasteiger partial charge in [-0.2, -0.15) is 0 Å². The third kappa shape index (κ3) is 5.12. The molecule has 0 saturated heterocycles. The Balaban J connectivity index is 2.45. The number of methoxy groups -OCH3 is 1. The number of halogens is 2. The van der Waals surface area contributed by atoms with Crippen LogP contribution in [-0.4, -0.2) is 32.3 Å². The molecule has 0 aliphatic rings. The van der Waals surface area contributed by atoms with Crippen LogP contribution in [0.15, 0.2) is 18.2 Å². The van der Waals surface area contributed by atoms with E-state index in [2.05, 4.69) is 5.32 Å². The molecule has 1 amide bonds. The Morgan fingerprint density at radius 3 is 2.83 bits per heavy atom. The Morgan fingerprint density at radius 1 is 1.44 bits per heavy atom. The van der Waals surface area contributed by atoms with Gasteiger partial charge < -0.3 is 14.8 Å². The van der Waals surface area contributed by atoms with Crippen molar-refractivity contribution in [2.45, 2.75) is 13.0 Å². The Kier molecular flexibility index (Phi) is 6.25. The van der Waals surface area contributed by atoms with Gasteiger partial charge in [0.2, 0.25) is 0 Å². The van der Waals surface area contributed by atoms with Crippen LogP contribution < -0.4 is 10.1 Å². The molecular formula is C12H15Cl2NO3. The third-order valence-corrected chi connectivity index (χ3v) is 2.62. The van der Waals surface area contributed by atoms with Gasteiger partial charge in [0.1, 0.15) is 5.75 Å². The second-order valence-electron chi connectivity index (χ2n) is 3.79. The first-order chi connectivity index (χ1) is 8.52. The summed E-state index contributed by atoms with van der Waals surface area (Å²) in [6, 6.07) is 4.76. The molecule has 0 aliphatic heterocycles. The van der Waals surface area contributed by atoms with E-state index in [-0.39, 0.29) is 18.6 Å². The molecule has 0 fully saturated rings. The van der Waals surface area contributed by atoms with Gasteiger partial charge in [0, 0.05) is 24.2 Å². The number of rotatable bonds is 6. The third-order valence-electron chi connectivity index (χ3n) is 2.08. The number of benzene rings is 1. The summed E-state index contributed by atoms with van der Waals surface area (Å²) in [4.78, 5) is 11.5. The van der Waals surface area contributed by atoms with Crippen LogP contribution in [0.4, 0.5) is 0 Å². The molecule has 0 saturated carbocycles. The number of ether oxygens (including phenoxy) is 2. The monoisotopic (exact) mass is 291 g/mol. The molecule has 18 heavy (non-hydrogen) atoms. The Bertz CT molecular complexity index is 412. The molecule has 0 aromatic heterocycles. The minimum atomic E-state index is -0.240. The van der Waals surface area contributed by atoms with E-state index in [1.54, 1.807) is 25.3 Å². The van der Waals surface area contributed by atoms with E-state index in [1.165, 1.54) is 0 Å². The number of hydrogen-bond acceptors (Lipinski definition) is 3. The highest BCUT2D eigenvalue weighted by Crippen LogP contribution is 2.27. The van der Waals surface area contributed by atoms with Crippen LogP contribution in [0.1, 0.15) is 6.92 Å². The molecule has 1 rings (SSSR count). The average molecular weight is 292 g/mol. The van der Waals surface area contributed by atoms with E-state index >= 15 is 0 Å². The molecule has 100 valence electrons. The predicted molar refractivity (Wildman–Crippen MR) is 71.4 cm³/mol. The van der Waals surface area contributed by atoms with Crippen LogP contribution in [0.25, 0.3) is 0 Å². The van der Waals surface area contributed by atoms with Crippen molar-refractivity contribution in [1.82, 2.24) is 5.32 Å². The molecule has 1 aromatic rings. The molecule has 0 bridgehead atoms. The van der Waals surface area contributed by atoms with Crippen molar-refractivity contribution in [3.05, 3.63) is 28.2 Å².